The van der Waals surface area contributed by atoms with E-state index in [9.17, 15) is 19.2 Å². The molecule has 0 unspecified atom stereocenters. The van der Waals surface area contributed by atoms with Gasteiger partial charge in [0, 0.05) is 48.6 Å². The van der Waals surface area contributed by atoms with Crippen LogP contribution in [0.2, 0.25) is 0 Å². The highest BCUT2D eigenvalue weighted by molar-refractivity contribution is 6.08. The molecule has 1 saturated heterocycles. The summed E-state index contributed by atoms with van der Waals surface area (Å²) >= 11 is 0. The maximum Gasteiger partial charge on any atom is 0.243 e. The number of piperidine rings is 1. The maximum absolute atomic E-state index is 13.9. The number of amides is 3. The first kappa shape index (κ1) is 27.4. The summed E-state index contributed by atoms with van der Waals surface area (Å²) in [5.74, 6) is 0.235. The van der Waals surface area contributed by atoms with E-state index in [0.717, 1.165) is 61.4 Å². The van der Waals surface area contributed by atoms with Gasteiger partial charge in [0.05, 0.1) is 5.52 Å². The number of Topliss-reactive ketones (excluding diaryl/α,β-unsaturated/α-hetero) is 1. The van der Waals surface area contributed by atoms with Crippen LogP contribution < -0.4 is 10.6 Å². The quantitative estimate of drug-likeness (QED) is 0.583. The summed E-state index contributed by atoms with van der Waals surface area (Å²) in [6.07, 6.45) is 9.30. The van der Waals surface area contributed by atoms with Gasteiger partial charge >= 0.3 is 0 Å². The van der Waals surface area contributed by atoms with Gasteiger partial charge in [-0.3, -0.25) is 19.2 Å². The van der Waals surface area contributed by atoms with Crippen LogP contribution in [0.1, 0.15) is 87.2 Å². The van der Waals surface area contributed by atoms with E-state index in [2.05, 4.69) is 36.6 Å². The van der Waals surface area contributed by atoms with Gasteiger partial charge in [0.25, 0.3) is 0 Å². The molecule has 1 aromatic carbocycles. The third-order valence-electron chi connectivity index (χ3n) is 8.93. The van der Waals surface area contributed by atoms with Crippen LogP contribution in [-0.2, 0) is 33.8 Å². The van der Waals surface area contributed by atoms with Crippen molar-refractivity contribution in [2.75, 3.05) is 13.6 Å². The van der Waals surface area contributed by atoms with E-state index >= 15 is 0 Å². The Balaban J connectivity index is 1.57. The molecule has 8 nitrogen and oxygen atoms in total. The van der Waals surface area contributed by atoms with Gasteiger partial charge in [-0.05, 0) is 68.6 Å². The van der Waals surface area contributed by atoms with Crippen molar-refractivity contribution in [3.8, 4) is 0 Å². The SMILES string of the molecule is CNC(=O)[C@@H]1C[C@]23CNC(=O)CCCCCCc4cc(CC(C)C)cc5c(C(C)=O)cn(c45)CC(=O)N1[C@@H]2C3. The molecule has 0 spiro atoms. The highest BCUT2D eigenvalue weighted by Crippen LogP contribution is 2.59. The van der Waals surface area contributed by atoms with Crippen LogP contribution in [0.5, 0.6) is 0 Å². The summed E-state index contributed by atoms with van der Waals surface area (Å²) in [7, 11) is 1.60. The first-order chi connectivity index (χ1) is 18.6. The minimum atomic E-state index is -0.553. The molecule has 1 saturated carbocycles. The fourth-order valence-electron chi connectivity index (χ4n) is 6.96. The van der Waals surface area contributed by atoms with Crippen LogP contribution in [0.3, 0.4) is 0 Å². The molecule has 2 aromatic rings. The molecule has 8 heteroatoms. The number of benzene rings is 1. The number of carbonyl (C=O) groups is 4. The molecule has 3 atom stereocenters. The average molecular weight is 535 g/mol. The van der Waals surface area contributed by atoms with Gasteiger partial charge in [-0.25, -0.2) is 0 Å². The molecule has 3 heterocycles. The Morgan fingerprint density at radius 3 is 2.54 bits per heavy atom. The fraction of sp³-hybridized carbons (Fsp3) is 0.613. The first-order valence-corrected chi connectivity index (χ1v) is 14.6. The van der Waals surface area contributed by atoms with E-state index in [1.165, 1.54) is 5.56 Å². The minimum Gasteiger partial charge on any atom is -0.357 e. The summed E-state index contributed by atoms with van der Waals surface area (Å²) < 4.78 is 1.95. The summed E-state index contributed by atoms with van der Waals surface area (Å²) in [5.41, 5.74) is 3.74. The summed E-state index contributed by atoms with van der Waals surface area (Å²) in [5, 5.41) is 6.74. The smallest absolute Gasteiger partial charge is 0.243 e. The topological polar surface area (TPSA) is 101 Å². The Bertz CT molecular complexity index is 1310. The minimum absolute atomic E-state index is 0.0117. The molecule has 2 bridgehead atoms. The van der Waals surface area contributed by atoms with E-state index in [1.54, 1.807) is 18.9 Å². The Morgan fingerprint density at radius 2 is 1.85 bits per heavy atom. The number of aromatic nitrogens is 1. The average Bonchev–Trinajstić information content (AvgIpc) is 3.30. The van der Waals surface area contributed by atoms with Crippen LogP contribution >= 0.6 is 0 Å². The molecule has 2 N–H and O–H groups in total. The second-order valence-electron chi connectivity index (χ2n) is 12.4. The number of aryl methyl sites for hydroxylation is 1. The van der Waals surface area contributed by atoms with Gasteiger partial charge in [-0.2, -0.15) is 0 Å². The van der Waals surface area contributed by atoms with Gasteiger partial charge < -0.3 is 20.1 Å². The number of ketones is 1. The lowest BCUT2D eigenvalue weighted by Gasteiger charge is -2.27. The van der Waals surface area contributed by atoms with Crippen molar-refractivity contribution in [2.24, 2.45) is 11.3 Å². The van der Waals surface area contributed by atoms with Crippen molar-refractivity contribution in [3.05, 3.63) is 35.0 Å². The number of likely N-dealkylation sites (N-methyl/N-ethyl adjacent to an activating group) is 1. The van der Waals surface area contributed by atoms with Gasteiger partial charge in [0.1, 0.15) is 12.6 Å². The van der Waals surface area contributed by atoms with Crippen molar-refractivity contribution in [2.45, 2.75) is 97.2 Å². The molecule has 1 aromatic heterocycles. The summed E-state index contributed by atoms with van der Waals surface area (Å²) in [6, 6.07) is 3.77. The third-order valence-corrected chi connectivity index (χ3v) is 8.93. The Kier molecular flexibility index (Phi) is 7.57. The van der Waals surface area contributed by atoms with Gasteiger partial charge in [-0.1, -0.05) is 32.8 Å². The molecule has 1 aliphatic carbocycles. The molecule has 5 rings (SSSR count). The highest BCUT2D eigenvalue weighted by Gasteiger charge is 2.66. The monoisotopic (exact) mass is 534 g/mol. The zero-order chi connectivity index (χ0) is 27.9. The van der Waals surface area contributed by atoms with Crippen LogP contribution in [0.15, 0.2) is 18.3 Å². The number of rotatable bonds is 4. The predicted octanol–water partition coefficient (Wildman–Crippen LogP) is 3.77. The normalized spacial score (nSPS) is 25.8. The second-order valence-corrected chi connectivity index (χ2v) is 12.4. The molecule has 0 radical (unpaired) electrons. The standard InChI is InChI=1S/C31H42N4O4/c1-19(2)11-21-12-22-9-7-5-6-8-10-27(37)33-18-31-14-25(30(39)32-4)35(26(31)15-31)28(38)17-34-16-24(20(3)36)23(13-21)29(22)34/h12-13,16,19,25-26H,5-11,14-15,17-18H2,1-4H3,(H,32,39)(H,33,37)/t25-,26+,31-/m0/s1. The van der Waals surface area contributed by atoms with Gasteiger partial charge in [0.15, 0.2) is 5.78 Å². The van der Waals surface area contributed by atoms with Crippen LogP contribution in [0.25, 0.3) is 10.9 Å². The van der Waals surface area contributed by atoms with Crippen molar-refractivity contribution >= 4 is 34.4 Å². The molecule has 39 heavy (non-hydrogen) atoms. The van der Waals surface area contributed by atoms with Gasteiger partial charge in [0.2, 0.25) is 17.7 Å². The van der Waals surface area contributed by atoms with Crippen molar-refractivity contribution in [1.82, 2.24) is 20.1 Å². The highest BCUT2D eigenvalue weighted by atomic mass is 16.2. The van der Waals surface area contributed by atoms with E-state index in [0.29, 0.717) is 30.9 Å². The molecule has 3 amide bonds. The van der Waals surface area contributed by atoms with E-state index in [4.69, 9.17) is 0 Å². The fourth-order valence-corrected chi connectivity index (χ4v) is 6.96. The van der Waals surface area contributed by atoms with Crippen LogP contribution in [0, 0.1) is 11.3 Å². The summed E-state index contributed by atoms with van der Waals surface area (Å²) in [6.45, 7) is 6.55. The van der Waals surface area contributed by atoms with Crippen LogP contribution in [-0.4, -0.2) is 58.6 Å². The number of carbonyl (C=O) groups excluding carboxylic acids is 4. The maximum atomic E-state index is 13.9. The third kappa shape index (κ3) is 5.35. The lowest BCUT2D eigenvalue weighted by Crippen LogP contribution is -2.48. The van der Waals surface area contributed by atoms with E-state index < -0.39 is 6.04 Å². The van der Waals surface area contributed by atoms with Crippen LogP contribution in [0.4, 0.5) is 0 Å². The molecule has 2 aliphatic heterocycles. The number of hydrogen-bond acceptors (Lipinski definition) is 4. The lowest BCUT2D eigenvalue weighted by atomic mass is 9.94. The van der Waals surface area contributed by atoms with Crippen molar-refractivity contribution in [3.63, 3.8) is 0 Å². The van der Waals surface area contributed by atoms with Crippen molar-refractivity contribution in [1.29, 1.82) is 0 Å². The predicted molar refractivity (Wildman–Crippen MR) is 150 cm³/mol. The van der Waals surface area contributed by atoms with Crippen molar-refractivity contribution < 1.29 is 19.2 Å². The Morgan fingerprint density at radius 1 is 1.10 bits per heavy atom. The van der Waals surface area contributed by atoms with E-state index in [-0.39, 0.29) is 41.5 Å². The molecule has 210 valence electrons. The summed E-state index contributed by atoms with van der Waals surface area (Å²) in [4.78, 5) is 53.9. The Labute approximate surface area is 230 Å². The lowest BCUT2D eigenvalue weighted by molar-refractivity contribution is -0.140. The zero-order valence-corrected chi connectivity index (χ0v) is 23.8. The molecular formula is C31H42N4O4. The van der Waals surface area contributed by atoms with Gasteiger partial charge in [-0.15, -0.1) is 0 Å². The molecule has 2 fully saturated rings. The number of hydrogen-bond donors (Lipinski definition) is 2. The zero-order valence-electron chi connectivity index (χ0n) is 23.8. The first-order valence-electron chi connectivity index (χ1n) is 14.6. The number of nitrogens with zero attached hydrogens (tertiary/aromatic N) is 2. The molecule has 3 aliphatic rings. The Hall–Kier alpha value is -3.16. The largest absolute Gasteiger partial charge is 0.357 e. The molecular weight excluding hydrogens is 492 g/mol. The second kappa shape index (κ2) is 10.8. The number of nitrogens with one attached hydrogen (secondary N) is 2. The van der Waals surface area contributed by atoms with E-state index in [1.807, 2.05) is 10.8 Å².